The Bertz CT molecular complexity index is 240. The first-order chi connectivity index (χ1) is 6.61. The number of ether oxygens (including phenoxy) is 1. The fourth-order valence-electron chi connectivity index (χ4n) is 0.592. The van der Waals surface area contributed by atoms with Crippen LogP contribution in [0.4, 0.5) is 4.79 Å². The van der Waals surface area contributed by atoms with Crippen molar-refractivity contribution in [1.82, 2.24) is 5.32 Å². The Morgan fingerprint density at radius 1 is 1.57 bits per heavy atom. The van der Waals surface area contributed by atoms with Crippen molar-refractivity contribution in [1.29, 1.82) is 0 Å². The van der Waals surface area contributed by atoms with Crippen molar-refractivity contribution in [3.05, 3.63) is 11.8 Å². The number of amides is 1. The summed E-state index contributed by atoms with van der Waals surface area (Å²) in [6, 6.07) is 0. The monoisotopic (exact) mass is 221 g/mol. The summed E-state index contributed by atoms with van der Waals surface area (Å²) in [7, 11) is 1.36. The number of carbonyl (C=O) groups excluding carboxylic acids is 1. The number of alkyl carbamates (subject to hydrolysis) is 1. The average Bonchev–Trinajstić information content (AvgIpc) is 2.16. The van der Waals surface area contributed by atoms with Gasteiger partial charge in [-0.05, 0) is 12.2 Å². The molecule has 0 heterocycles. The number of aliphatic hydroxyl groups excluding tert-OH is 1. The molecule has 80 valence electrons. The Labute approximate surface area is 82.7 Å². The van der Waals surface area contributed by atoms with Gasteiger partial charge < -0.3 is 14.9 Å². The van der Waals surface area contributed by atoms with Crippen LogP contribution in [0.15, 0.2) is 11.8 Å². The van der Waals surface area contributed by atoms with Gasteiger partial charge in [-0.15, -0.1) is 0 Å². The van der Waals surface area contributed by atoms with Crippen molar-refractivity contribution < 1.29 is 24.5 Å². The van der Waals surface area contributed by atoms with Crippen LogP contribution in [-0.2, 0) is 9.53 Å². The molecule has 1 amide bonds. The van der Waals surface area contributed by atoms with Gasteiger partial charge in [-0.3, -0.25) is 5.32 Å². The Morgan fingerprint density at radius 3 is 2.64 bits per heavy atom. The zero-order valence-corrected chi connectivity index (χ0v) is 8.61. The van der Waals surface area contributed by atoms with E-state index in [0.717, 1.165) is 7.11 Å². The lowest BCUT2D eigenvalue weighted by atomic mass is 10.4. The van der Waals surface area contributed by atoms with Crippen LogP contribution in [0.3, 0.4) is 0 Å². The number of rotatable bonds is 5. The molecule has 1 unspecified atom stereocenters. The minimum atomic E-state index is -1.24. The smallest absolute Gasteiger partial charge is 0.411 e. The molecule has 0 radical (unpaired) electrons. The van der Waals surface area contributed by atoms with Crippen molar-refractivity contribution in [3.63, 3.8) is 0 Å². The van der Waals surface area contributed by atoms with Crippen LogP contribution < -0.4 is 5.32 Å². The summed E-state index contributed by atoms with van der Waals surface area (Å²) in [5.74, 6) is -1.24. The van der Waals surface area contributed by atoms with Crippen LogP contribution in [0.25, 0.3) is 0 Å². The lowest BCUT2D eigenvalue weighted by Crippen LogP contribution is -2.27. The fourth-order valence-corrected chi connectivity index (χ4v) is 1.07. The third-order valence-corrected chi connectivity index (χ3v) is 1.93. The highest BCUT2D eigenvalue weighted by Crippen LogP contribution is 2.07. The first-order valence-electron chi connectivity index (χ1n) is 3.71. The zero-order valence-electron chi connectivity index (χ0n) is 7.61. The minimum absolute atomic E-state index is 0.00161. The van der Waals surface area contributed by atoms with Crippen molar-refractivity contribution in [2.45, 2.75) is 0 Å². The molecular weight excluding hydrogens is 209 g/mol. The molecule has 0 saturated heterocycles. The molecule has 7 heteroatoms. The van der Waals surface area contributed by atoms with Crippen LogP contribution in [0, 0.1) is 0 Å². The molecule has 6 nitrogen and oxygen atoms in total. The highest BCUT2D eigenvalue weighted by molar-refractivity contribution is 7.37. The standard InChI is InChI=1S/C7H12NO5P/c1-13-7(12)8-5(6(10)11)2-3-14-4-9/h2,9,14H,3-4H2,1H3,(H,8,12)(H,10,11)/b5-2-. The molecule has 1 atom stereocenters. The lowest BCUT2D eigenvalue weighted by Gasteiger charge is -2.03. The Balaban J connectivity index is 4.21. The molecule has 0 aromatic rings. The molecule has 0 rings (SSSR count). The van der Waals surface area contributed by atoms with Gasteiger partial charge >= 0.3 is 12.1 Å². The summed E-state index contributed by atoms with van der Waals surface area (Å²) in [4.78, 5) is 21.2. The summed E-state index contributed by atoms with van der Waals surface area (Å²) >= 11 is 0. The van der Waals surface area contributed by atoms with E-state index in [2.05, 4.69) is 4.74 Å². The van der Waals surface area contributed by atoms with Gasteiger partial charge in [0.25, 0.3) is 0 Å². The zero-order chi connectivity index (χ0) is 11.0. The Kier molecular flexibility index (Phi) is 6.70. The van der Waals surface area contributed by atoms with Gasteiger partial charge in [0.15, 0.2) is 0 Å². The highest BCUT2D eigenvalue weighted by atomic mass is 31.1. The van der Waals surface area contributed by atoms with Crippen LogP contribution >= 0.6 is 8.58 Å². The van der Waals surface area contributed by atoms with Crippen LogP contribution in [0.1, 0.15) is 0 Å². The van der Waals surface area contributed by atoms with E-state index in [4.69, 9.17) is 10.2 Å². The number of hydrogen-bond donors (Lipinski definition) is 3. The minimum Gasteiger partial charge on any atom is -0.477 e. The fraction of sp³-hybridized carbons (Fsp3) is 0.429. The van der Waals surface area contributed by atoms with E-state index in [1.165, 1.54) is 6.08 Å². The van der Waals surface area contributed by atoms with Gasteiger partial charge in [0.05, 0.1) is 13.5 Å². The van der Waals surface area contributed by atoms with Crippen LogP contribution in [-0.4, -0.2) is 41.9 Å². The topological polar surface area (TPSA) is 95.9 Å². The molecule has 0 aromatic heterocycles. The maximum absolute atomic E-state index is 10.7. The molecule has 3 N–H and O–H groups in total. The number of carboxylic acid groups (broad SMARTS) is 1. The van der Waals surface area contributed by atoms with Gasteiger partial charge in [-0.1, -0.05) is 8.58 Å². The number of methoxy groups -OCH3 is 1. The van der Waals surface area contributed by atoms with Crippen molar-refractivity contribution in [3.8, 4) is 0 Å². The molecule has 14 heavy (non-hydrogen) atoms. The van der Waals surface area contributed by atoms with Crippen LogP contribution in [0.5, 0.6) is 0 Å². The van der Waals surface area contributed by atoms with Gasteiger partial charge in [-0.2, -0.15) is 0 Å². The van der Waals surface area contributed by atoms with E-state index < -0.39 is 12.1 Å². The molecular formula is C7H12NO5P. The first-order valence-corrected chi connectivity index (χ1v) is 5.13. The summed E-state index contributed by atoms with van der Waals surface area (Å²) in [5, 5.41) is 19.1. The number of hydrogen-bond acceptors (Lipinski definition) is 4. The molecule has 0 aromatic carbocycles. The first kappa shape index (κ1) is 12.9. The van der Waals surface area contributed by atoms with E-state index in [-0.39, 0.29) is 20.6 Å². The molecule has 0 bridgehead atoms. The summed E-state index contributed by atoms with van der Waals surface area (Å²) < 4.78 is 4.24. The van der Waals surface area contributed by atoms with E-state index in [9.17, 15) is 9.59 Å². The number of aliphatic carboxylic acids is 1. The Morgan fingerprint density at radius 2 is 2.21 bits per heavy atom. The van der Waals surface area contributed by atoms with Crippen molar-refractivity contribution >= 4 is 20.6 Å². The molecule has 0 aliphatic rings. The molecule has 0 fully saturated rings. The largest absolute Gasteiger partial charge is 0.477 e. The summed E-state index contributed by atoms with van der Waals surface area (Å²) in [6.45, 7) is 0. The number of carbonyl (C=O) groups is 2. The Hall–Kier alpha value is -1.13. The summed E-state index contributed by atoms with van der Waals surface area (Å²) in [6.07, 6.45) is 0.906. The second kappa shape index (κ2) is 7.29. The number of carboxylic acids is 1. The third-order valence-electron chi connectivity index (χ3n) is 1.21. The van der Waals surface area contributed by atoms with Gasteiger partial charge in [-0.25, -0.2) is 9.59 Å². The van der Waals surface area contributed by atoms with Gasteiger partial charge in [0, 0.05) is 0 Å². The van der Waals surface area contributed by atoms with E-state index >= 15 is 0 Å². The lowest BCUT2D eigenvalue weighted by molar-refractivity contribution is -0.133. The summed E-state index contributed by atoms with van der Waals surface area (Å²) in [5.41, 5.74) is -0.238. The molecule has 0 aliphatic carbocycles. The number of nitrogens with one attached hydrogen (secondary N) is 1. The van der Waals surface area contributed by atoms with Crippen molar-refractivity contribution in [2.75, 3.05) is 19.6 Å². The molecule has 0 spiro atoms. The molecule has 0 saturated carbocycles. The SMILES string of the molecule is COC(=O)N/C(=C\CPCO)C(=O)O. The quantitative estimate of drug-likeness (QED) is 0.343. The average molecular weight is 221 g/mol. The van der Waals surface area contributed by atoms with Gasteiger partial charge in [0.2, 0.25) is 0 Å². The second-order valence-corrected chi connectivity index (χ2v) is 3.38. The van der Waals surface area contributed by atoms with Gasteiger partial charge in [0.1, 0.15) is 5.70 Å². The maximum atomic E-state index is 10.7. The number of allylic oxidation sites excluding steroid dienone is 1. The van der Waals surface area contributed by atoms with Crippen molar-refractivity contribution in [2.24, 2.45) is 0 Å². The van der Waals surface area contributed by atoms with E-state index in [1.807, 2.05) is 5.32 Å². The second-order valence-electron chi connectivity index (χ2n) is 2.15. The van der Waals surface area contributed by atoms with E-state index in [1.54, 1.807) is 0 Å². The molecule has 0 aliphatic heterocycles. The predicted octanol–water partition coefficient (Wildman–Crippen LogP) is -0.0608. The normalized spacial score (nSPS) is 11.7. The highest BCUT2D eigenvalue weighted by Gasteiger charge is 2.10. The number of aliphatic hydroxyl groups is 1. The third kappa shape index (κ3) is 5.50. The predicted molar refractivity (Wildman–Crippen MR) is 51.5 cm³/mol. The maximum Gasteiger partial charge on any atom is 0.411 e. The van der Waals surface area contributed by atoms with E-state index in [0.29, 0.717) is 6.16 Å². The van der Waals surface area contributed by atoms with Crippen LogP contribution in [0.2, 0.25) is 0 Å².